The zero-order chi connectivity index (χ0) is 24.4. The molecule has 1 amide bonds. The van der Waals surface area contributed by atoms with E-state index in [0.29, 0.717) is 34.8 Å². The van der Waals surface area contributed by atoms with Gasteiger partial charge in [0.1, 0.15) is 17.3 Å². The number of methoxy groups -OCH3 is 1. The van der Waals surface area contributed by atoms with E-state index < -0.39 is 23.7 Å². The van der Waals surface area contributed by atoms with Crippen LogP contribution < -0.4 is 9.64 Å². The van der Waals surface area contributed by atoms with E-state index in [1.165, 1.54) is 30.2 Å². The van der Waals surface area contributed by atoms with Gasteiger partial charge in [0.25, 0.3) is 5.78 Å². The van der Waals surface area contributed by atoms with Gasteiger partial charge in [0.15, 0.2) is 5.82 Å². The Labute approximate surface area is 195 Å². The Bertz CT molecular complexity index is 1270. The molecule has 0 bridgehead atoms. The van der Waals surface area contributed by atoms with Crippen LogP contribution in [0.1, 0.15) is 40.2 Å². The molecule has 4 rings (SSSR count). The third-order valence-electron chi connectivity index (χ3n) is 5.39. The Kier molecular flexibility index (Phi) is 6.18. The predicted octanol–water partition coefficient (Wildman–Crippen LogP) is 3.79. The van der Waals surface area contributed by atoms with Gasteiger partial charge in [-0.25, -0.2) is 4.79 Å². The molecule has 0 radical (unpaired) electrons. The van der Waals surface area contributed by atoms with Crippen molar-refractivity contribution in [2.24, 2.45) is 0 Å². The van der Waals surface area contributed by atoms with Crippen molar-refractivity contribution in [3.8, 4) is 5.75 Å². The van der Waals surface area contributed by atoms with Gasteiger partial charge in [-0.1, -0.05) is 17.3 Å². The number of aliphatic hydroxyl groups is 1. The minimum atomic E-state index is -0.997. The summed E-state index contributed by atoms with van der Waals surface area (Å²) in [7, 11) is 1.27. The van der Waals surface area contributed by atoms with E-state index in [1.807, 2.05) is 6.92 Å². The summed E-state index contributed by atoms with van der Waals surface area (Å²) in [6, 6.07) is 13.3. The molecule has 9 nitrogen and oxygen atoms in total. The van der Waals surface area contributed by atoms with Crippen LogP contribution in [0, 0.1) is 6.92 Å². The van der Waals surface area contributed by atoms with Crippen molar-refractivity contribution in [1.82, 2.24) is 5.16 Å². The normalized spacial score (nSPS) is 17.1. The smallest absolute Gasteiger partial charge is 0.337 e. The number of anilines is 1. The molecular weight excluding hydrogens is 440 g/mol. The van der Waals surface area contributed by atoms with E-state index >= 15 is 0 Å². The molecule has 1 saturated heterocycles. The van der Waals surface area contributed by atoms with Crippen molar-refractivity contribution in [2.45, 2.75) is 19.9 Å². The fraction of sp³-hybridized carbons (Fsp3) is 0.200. The number of aryl methyl sites for hydroxylation is 1. The third kappa shape index (κ3) is 4.03. The summed E-state index contributed by atoms with van der Waals surface area (Å²) >= 11 is 0. The quantitative estimate of drug-likeness (QED) is 0.254. The van der Waals surface area contributed by atoms with Gasteiger partial charge >= 0.3 is 11.9 Å². The predicted molar refractivity (Wildman–Crippen MR) is 121 cm³/mol. The molecule has 0 saturated carbocycles. The Morgan fingerprint density at radius 1 is 1.09 bits per heavy atom. The minimum absolute atomic E-state index is 0.111. The molecule has 9 heteroatoms. The van der Waals surface area contributed by atoms with Crippen LogP contribution in [-0.4, -0.2) is 41.6 Å². The first-order valence-corrected chi connectivity index (χ1v) is 10.5. The van der Waals surface area contributed by atoms with Gasteiger partial charge in [0.2, 0.25) is 0 Å². The summed E-state index contributed by atoms with van der Waals surface area (Å²) < 4.78 is 15.3. The maximum absolute atomic E-state index is 13.1. The van der Waals surface area contributed by atoms with E-state index in [2.05, 4.69) is 5.16 Å². The summed E-state index contributed by atoms with van der Waals surface area (Å²) in [5, 5.41) is 15.0. The standard InChI is InChI=1S/C25H22N2O7/c1-4-33-18-11-9-16(10-12-18)22(28)20-21(15-5-7-17(8-6-15)25(31)32-3)27(24(30)23(20)29)19-13-14(2)34-26-19/h5-13,21,28H,4H2,1-3H3/t21-/m0/s1. The maximum atomic E-state index is 13.1. The summed E-state index contributed by atoms with van der Waals surface area (Å²) in [6.07, 6.45) is 0. The second-order valence-electron chi connectivity index (χ2n) is 7.54. The summed E-state index contributed by atoms with van der Waals surface area (Å²) in [5.41, 5.74) is 1.02. The first-order chi connectivity index (χ1) is 16.3. The van der Waals surface area contributed by atoms with Crippen LogP contribution in [0.3, 0.4) is 0 Å². The van der Waals surface area contributed by atoms with Gasteiger partial charge in [0, 0.05) is 11.6 Å². The second kappa shape index (κ2) is 9.22. The van der Waals surface area contributed by atoms with Crippen molar-refractivity contribution in [1.29, 1.82) is 0 Å². The van der Waals surface area contributed by atoms with Crippen LogP contribution in [0.5, 0.6) is 5.75 Å². The average molecular weight is 462 g/mol. The zero-order valence-electron chi connectivity index (χ0n) is 18.8. The minimum Gasteiger partial charge on any atom is -0.507 e. The number of hydrogen-bond donors (Lipinski definition) is 1. The van der Waals surface area contributed by atoms with Gasteiger partial charge in [-0.2, -0.15) is 0 Å². The number of rotatable bonds is 6. The van der Waals surface area contributed by atoms with Gasteiger partial charge in [-0.3, -0.25) is 14.5 Å². The van der Waals surface area contributed by atoms with E-state index in [-0.39, 0.29) is 17.2 Å². The first kappa shape index (κ1) is 22.8. The molecule has 0 aliphatic carbocycles. The molecule has 0 spiro atoms. The molecule has 2 aromatic carbocycles. The Balaban J connectivity index is 1.86. The van der Waals surface area contributed by atoms with Crippen molar-refractivity contribution in [3.05, 3.63) is 82.6 Å². The molecule has 1 aliphatic heterocycles. The third-order valence-corrected chi connectivity index (χ3v) is 5.39. The number of amides is 1. The van der Waals surface area contributed by atoms with Crippen molar-refractivity contribution >= 4 is 29.2 Å². The first-order valence-electron chi connectivity index (χ1n) is 10.5. The molecule has 1 aromatic heterocycles. The number of aliphatic hydroxyl groups excluding tert-OH is 1. The largest absolute Gasteiger partial charge is 0.507 e. The van der Waals surface area contributed by atoms with Crippen molar-refractivity contribution in [2.75, 3.05) is 18.6 Å². The fourth-order valence-electron chi connectivity index (χ4n) is 3.80. The van der Waals surface area contributed by atoms with Crippen LogP contribution in [0.15, 0.2) is 64.7 Å². The van der Waals surface area contributed by atoms with E-state index in [0.717, 1.165) is 0 Å². The molecule has 1 fully saturated rings. The van der Waals surface area contributed by atoms with Crippen LogP contribution in [0.2, 0.25) is 0 Å². The summed E-state index contributed by atoms with van der Waals surface area (Å²) in [6.45, 7) is 3.99. The number of ketones is 1. The lowest BCUT2D eigenvalue weighted by Crippen LogP contribution is -2.29. The highest BCUT2D eigenvalue weighted by atomic mass is 16.5. The van der Waals surface area contributed by atoms with Crippen molar-refractivity contribution in [3.63, 3.8) is 0 Å². The number of nitrogens with zero attached hydrogens (tertiary/aromatic N) is 2. The number of esters is 1. The lowest BCUT2D eigenvalue weighted by molar-refractivity contribution is -0.132. The average Bonchev–Trinajstić information content (AvgIpc) is 3.39. The highest BCUT2D eigenvalue weighted by Crippen LogP contribution is 2.42. The zero-order valence-corrected chi connectivity index (χ0v) is 18.8. The second-order valence-corrected chi connectivity index (χ2v) is 7.54. The lowest BCUT2D eigenvalue weighted by Gasteiger charge is -2.23. The van der Waals surface area contributed by atoms with Gasteiger partial charge in [-0.05, 0) is 55.8 Å². The summed E-state index contributed by atoms with van der Waals surface area (Å²) in [4.78, 5) is 39.2. The number of carbonyl (C=O) groups is 3. The Morgan fingerprint density at radius 2 is 1.74 bits per heavy atom. The van der Waals surface area contributed by atoms with Crippen LogP contribution in [-0.2, 0) is 14.3 Å². The highest BCUT2D eigenvalue weighted by molar-refractivity contribution is 6.51. The number of carbonyl (C=O) groups excluding carboxylic acids is 3. The molecule has 2 heterocycles. The number of benzene rings is 2. The van der Waals surface area contributed by atoms with Crippen molar-refractivity contribution < 1.29 is 33.5 Å². The number of hydrogen-bond acceptors (Lipinski definition) is 8. The number of ether oxygens (including phenoxy) is 2. The van der Waals surface area contributed by atoms with Gasteiger partial charge in [0.05, 0.1) is 30.9 Å². The van der Waals surface area contributed by atoms with Crippen LogP contribution in [0.25, 0.3) is 5.76 Å². The van der Waals surface area contributed by atoms with Crippen LogP contribution >= 0.6 is 0 Å². The molecule has 174 valence electrons. The fourth-order valence-corrected chi connectivity index (χ4v) is 3.80. The summed E-state index contributed by atoms with van der Waals surface area (Å²) in [5.74, 6) is -1.41. The Morgan fingerprint density at radius 3 is 2.29 bits per heavy atom. The monoisotopic (exact) mass is 462 g/mol. The molecule has 3 aromatic rings. The topological polar surface area (TPSA) is 119 Å². The lowest BCUT2D eigenvalue weighted by atomic mass is 9.94. The maximum Gasteiger partial charge on any atom is 0.337 e. The SMILES string of the molecule is CCOc1ccc(C(O)=C2C(=O)C(=O)N(c3cc(C)on3)[C@H]2c2ccc(C(=O)OC)cc2)cc1. The highest BCUT2D eigenvalue weighted by Gasteiger charge is 2.48. The van der Waals surface area contributed by atoms with Gasteiger partial charge < -0.3 is 19.1 Å². The molecule has 1 atom stereocenters. The van der Waals surface area contributed by atoms with E-state index in [4.69, 9.17) is 14.0 Å². The van der Waals surface area contributed by atoms with E-state index in [9.17, 15) is 19.5 Å². The van der Waals surface area contributed by atoms with Gasteiger partial charge in [-0.15, -0.1) is 0 Å². The van der Waals surface area contributed by atoms with Crippen LogP contribution in [0.4, 0.5) is 5.82 Å². The molecule has 34 heavy (non-hydrogen) atoms. The molecular formula is C25H22N2O7. The molecule has 1 N–H and O–H groups in total. The molecule has 1 aliphatic rings. The molecule has 0 unspecified atom stereocenters. The number of aromatic nitrogens is 1. The van der Waals surface area contributed by atoms with E-state index in [1.54, 1.807) is 43.3 Å². The number of Topliss-reactive ketones (excluding diaryl/α,β-unsaturated/α-hetero) is 1. The Hall–Kier alpha value is -4.40.